The molecule has 2 aliphatic heterocycles. The van der Waals surface area contributed by atoms with E-state index < -0.39 is 5.92 Å². The first kappa shape index (κ1) is 28.3. The van der Waals surface area contributed by atoms with Crippen molar-refractivity contribution in [1.29, 1.82) is 0 Å². The maximum atomic E-state index is 14.2. The van der Waals surface area contributed by atoms with Gasteiger partial charge in [-0.3, -0.25) is 9.59 Å². The molecule has 2 aliphatic rings. The number of benzene rings is 3. The van der Waals surface area contributed by atoms with E-state index in [1.54, 1.807) is 21.3 Å². The van der Waals surface area contributed by atoms with Gasteiger partial charge in [-0.1, -0.05) is 36.4 Å². The van der Waals surface area contributed by atoms with Gasteiger partial charge in [-0.2, -0.15) is 0 Å². The summed E-state index contributed by atoms with van der Waals surface area (Å²) in [6, 6.07) is 19.8. The summed E-state index contributed by atoms with van der Waals surface area (Å²) in [5.41, 5.74) is 4.91. The monoisotopic (exact) mass is 557 g/mol. The van der Waals surface area contributed by atoms with Crippen molar-refractivity contribution in [2.75, 3.05) is 65.5 Å². The zero-order chi connectivity index (χ0) is 29.1. The Hall–Kier alpha value is -4.20. The largest absolute Gasteiger partial charge is 0.493 e. The Bertz CT molecular complexity index is 1390. The van der Waals surface area contributed by atoms with E-state index in [4.69, 9.17) is 14.2 Å². The summed E-state index contributed by atoms with van der Waals surface area (Å²) in [5.74, 6) is 0.967. The van der Waals surface area contributed by atoms with E-state index in [1.165, 1.54) is 11.3 Å². The second-order valence-electron chi connectivity index (χ2n) is 10.8. The Kier molecular flexibility index (Phi) is 8.38. The first-order chi connectivity index (χ1) is 19.9. The molecule has 0 radical (unpaired) electrons. The number of anilines is 1. The van der Waals surface area contributed by atoms with Gasteiger partial charge < -0.3 is 28.9 Å². The highest BCUT2D eigenvalue weighted by atomic mass is 16.5. The molecule has 2 heterocycles. The molecule has 8 heteroatoms. The molecule has 3 aromatic rings. The normalized spacial score (nSPS) is 18.8. The molecule has 0 bridgehead atoms. The van der Waals surface area contributed by atoms with Crippen molar-refractivity contribution in [2.45, 2.75) is 19.8 Å². The molecule has 0 spiro atoms. The van der Waals surface area contributed by atoms with Gasteiger partial charge in [0.1, 0.15) is 0 Å². The molecule has 0 aromatic heterocycles. The minimum atomic E-state index is -0.393. The second-order valence-corrected chi connectivity index (χ2v) is 10.8. The lowest BCUT2D eigenvalue weighted by Crippen LogP contribution is -2.51. The number of hydrogen-bond donors (Lipinski definition) is 0. The van der Waals surface area contributed by atoms with Crippen molar-refractivity contribution < 1.29 is 23.8 Å². The smallest absolute Gasteiger partial charge is 0.254 e. The lowest BCUT2D eigenvalue weighted by molar-refractivity contribution is -0.135. The number of likely N-dealkylation sites (tertiary alicyclic amines) is 1. The van der Waals surface area contributed by atoms with Crippen molar-refractivity contribution in [3.05, 3.63) is 82.9 Å². The molecule has 0 aliphatic carbocycles. The maximum Gasteiger partial charge on any atom is 0.254 e. The van der Waals surface area contributed by atoms with Crippen molar-refractivity contribution in [1.82, 2.24) is 9.80 Å². The maximum absolute atomic E-state index is 14.2. The molecule has 5 rings (SSSR count). The van der Waals surface area contributed by atoms with Crippen LogP contribution in [-0.2, 0) is 4.79 Å². The predicted octanol–water partition coefficient (Wildman–Crippen LogP) is 4.53. The number of methoxy groups -OCH3 is 3. The van der Waals surface area contributed by atoms with E-state index in [0.717, 1.165) is 24.2 Å². The fourth-order valence-electron chi connectivity index (χ4n) is 6.18. The molecule has 8 nitrogen and oxygen atoms in total. The average Bonchev–Trinajstić information content (AvgIpc) is 3.46. The molecular formula is C33H39N3O5. The summed E-state index contributed by atoms with van der Waals surface area (Å²) < 4.78 is 16.8. The highest BCUT2D eigenvalue weighted by Gasteiger charge is 2.43. The summed E-state index contributed by atoms with van der Waals surface area (Å²) >= 11 is 0. The number of ether oxygens (including phenoxy) is 3. The molecule has 3 aromatic carbocycles. The molecule has 0 saturated carbocycles. The molecule has 2 atom stereocenters. The summed E-state index contributed by atoms with van der Waals surface area (Å²) in [4.78, 5) is 34.0. The Balaban J connectivity index is 1.43. The number of amides is 2. The summed E-state index contributed by atoms with van der Waals surface area (Å²) in [5, 5.41) is 0. The highest BCUT2D eigenvalue weighted by molar-refractivity contribution is 5.96. The van der Waals surface area contributed by atoms with Gasteiger partial charge in [-0.05, 0) is 54.8 Å². The van der Waals surface area contributed by atoms with Crippen LogP contribution in [-0.4, -0.2) is 82.2 Å². The first-order valence-corrected chi connectivity index (χ1v) is 14.1. The summed E-state index contributed by atoms with van der Waals surface area (Å²) in [6.45, 7) is 7.64. The van der Waals surface area contributed by atoms with E-state index >= 15 is 0 Å². The standard InChI is InChI=1S/C33H39N3O5/c1-22-10-6-8-12-25(22)32(37)36-20-26(24-18-29(39-3)31(41-5)30(19-24)40-4)27(21-36)33(38)35-16-14-34(15-17-35)28-13-9-7-11-23(28)2/h6-13,18-19,26-27H,14-17,20-21H2,1-5H3/t26-,27-/m1/s1. The molecule has 41 heavy (non-hydrogen) atoms. The van der Waals surface area contributed by atoms with Crippen molar-refractivity contribution in [3.8, 4) is 17.2 Å². The zero-order valence-electron chi connectivity index (χ0n) is 24.6. The Labute approximate surface area is 242 Å². The van der Waals surface area contributed by atoms with Gasteiger partial charge in [0.05, 0.1) is 27.2 Å². The van der Waals surface area contributed by atoms with Gasteiger partial charge in [-0.15, -0.1) is 0 Å². The van der Waals surface area contributed by atoms with Gasteiger partial charge in [-0.25, -0.2) is 0 Å². The van der Waals surface area contributed by atoms with Crippen molar-refractivity contribution in [3.63, 3.8) is 0 Å². The number of rotatable bonds is 7. The molecule has 2 fully saturated rings. The van der Waals surface area contributed by atoms with Gasteiger partial charge in [0.2, 0.25) is 11.7 Å². The van der Waals surface area contributed by atoms with Crippen LogP contribution in [0.2, 0.25) is 0 Å². The third-order valence-electron chi connectivity index (χ3n) is 8.46. The quantitative estimate of drug-likeness (QED) is 0.425. The van der Waals surface area contributed by atoms with Crippen LogP contribution in [0.15, 0.2) is 60.7 Å². The minimum absolute atomic E-state index is 0.0554. The molecular weight excluding hydrogens is 518 g/mol. The van der Waals surface area contributed by atoms with E-state index in [0.29, 0.717) is 49.0 Å². The summed E-state index contributed by atoms with van der Waals surface area (Å²) in [6.07, 6.45) is 0. The summed E-state index contributed by atoms with van der Waals surface area (Å²) in [7, 11) is 4.74. The number of hydrogen-bond acceptors (Lipinski definition) is 6. The number of para-hydroxylation sites is 1. The number of nitrogens with zero attached hydrogens (tertiary/aromatic N) is 3. The second kappa shape index (κ2) is 12.1. The fraction of sp³-hybridized carbons (Fsp3) is 0.394. The third-order valence-corrected chi connectivity index (χ3v) is 8.46. The van der Waals surface area contributed by atoms with Crippen LogP contribution in [0.5, 0.6) is 17.2 Å². The topological polar surface area (TPSA) is 71.6 Å². The SMILES string of the molecule is COc1cc([C@H]2CN(C(=O)c3ccccc3C)C[C@H]2C(=O)N2CCN(c3ccccc3C)CC2)cc(OC)c1OC. The van der Waals surface area contributed by atoms with Gasteiger partial charge in [0.25, 0.3) is 5.91 Å². The number of aryl methyl sites for hydroxylation is 2. The van der Waals surface area contributed by atoms with E-state index in [2.05, 4.69) is 30.0 Å². The van der Waals surface area contributed by atoms with E-state index in [9.17, 15) is 9.59 Å². The van der Waals surface area contributed by atoms with Gasteiger partial charge in [0, 0.05) is 56.4 Å². The van der Waals surface area contributed by atoms with Crippen LogP contribution in [0.1, 0.15) is 33.0 Å². The van der Waals surface area contributed by atoms with Crippen molar-refractivity contribution in [2.24, 2.45) is 5.92 Å². The third kappa shape index (κ3) is 5.56. The fourth-order valence-corrected chi connectivity index (χ4v) is 6.18. The molecule has 216 valence electrons. The molecule has 2 saturated heterocycles. The zero-order valence-corrected chi connectivity index (χ0v) is 24.6. The first-order valence-electron chi connectivity index (χ1n) is 14.1. The average molecular weight is 558 g/mol. The van der Waals surface area contributed by atoms with Crippen LogP contribution < -0.4 is 19.1 Å². The Morgan fingerprint density at radius 3 is 1.93 bits per heavy atom. The number of piperazine rings is 1. The van der Waals surface area contributed by atoms with Crippen LogP contribution in [0, 0.1) is 19.8 Å². The lowest BCUT2D eigenvalue weighted by atomic mass is 9.87. The van der Waals surface area contributed by atoms with Crippen LogP contribution in [0.25, 0.3) is 0 Å². The number of carbonyl (C=O) groups excluding carboxylic acids is 2. The Morgan fingerprint density at radius 1 is 0.732 bits per heavy atom. The highest BCUT2D eigenvalue weighted by Crippen LogP contribution is 2.44. The number of carbonyl (C=O) groups is 2. The van der Waals surface area contributed by atoms with Crippen LogP contribution >= 0.6 is 0 Å². The minimum Gasteiger partial charge on any atom is -0.493 e. The predicted molar refractivity (Wildman–Crippen MR) is 159 cm³/mol. The molecule has 2 amide bonds. The van der Waals surface area contributed by atoms with Gasteiger partial charge in [0.15, 0.2) is 11.5 Å². The lowest BCUT2D eigenvalue weighted by Gasteiger charge is -2.38. The van der Waals surface area contributed by atoms with Crippen LogP contribution in [0.3, 0.4) is 0 Å². The van der Waals surface area contributed by atoms with Crippen LogP contribution in [0.4, 0.5) is 5.69 Å². The Morgan fingerprint density at radius 2 is 1.34 bits per heavy atom. The molecule has 0 N–H and O–H groups in total. The molecule has 0 unspecified atom stereocenters. The van der Waals surface area contributed by atoms with Crippen molar-refractivity contribution >= 4 is 17.5 Å². The van der Waals surface area contributed by atoms with E-state index in [1.807, 2.05) is 59.2 Å². The van der Waals surface area contributed by atoms with E-state index in [-0.39, 0.29) is 17.7 Å². The van der Waals surface area contributed by atoms with Gasteiger partial charge >= 0.3 is 0 Å².